The second-order valence-corrected chi connectivity index (χ2v) is 8.00. The van der Waals surface area contributed by atoms with Gasteiger partial charge in [-0.05, 0) is 37.1 Å². The topological polar surface area (TPSA) is 64.1 Å². The number of benzene rings is 2. The first-order valence-electron chi connectivity index (χ1n) is 8.10. The zero-order chi connectivity index (χ0) is 18.4. The predicted octanol–water partition coefficient (Wildman–Crippen LogP) is 4.46. The second kappa shape index (κ2) is 8.82. The number of rotatable bonds is 7. The fourth-order valence-corrected chi connectivity index (χ4v) is 3.99. The van der Waals surface area contributed by atoms with Crippen LogP contribution in [-0.4, -0.2) is 22.7 Å². The van der Waals surface area contributed by atoms with Crippen LogP contribution in [0.2, 0.25) is 0 Å². The van der Waals surface area contributed by atoms with E-state index >= 15 is 0 Å². The standard InChI is InChI=1S/C19H19N3O2S2/c1-13-5-3-7-15(9-13)12-25-19-22-21-18(26-19)20-17(23)11-24-16-8-4-6-14(2)10-16/h3-10H,11-12H2,1-2H3,(H,20,21,23). The molecule has 1 amide bonds. The van der Waals surface area contributed by atoms with E-state index in [-0.39, 0.29) is 12.5 Å². The van der Waals surface area contributed by atoms with E-state index in [9.17, 15) is 4.79 Å². The van der Waals surface area contributed by atoms with Crippen LogP contribution in [0.4, 0.5) is 5.13 Å². The molecule has 1 heterocycles. The molecule has 0 saturated heterocycles. The summed E-state index contributed by atoms with van der Waals surface area (Å²) in [5.74, 6) is 1.24. The number of aryl methyl sites for hydroxylation is 2. The van der Waals surface area contributed by atoms with E-state index in [1.165, 1.54) is 22.5 Å². The van der Waals surface area contributed by atoms with Gasteiger partial charge in [-0.1, -0.05) is 65.1 Å². The second-order valence-electron chi connectivity index (χ2n) is 5.80. The molecular formula is C19H19N3O2S2. The molecule has 5 nitrogen and oxygen atoms in total. The summed E-state index contributed by atoms with van der Waals surface area (Å²) < 4.78 is 6.30. The number of aromatic nitrogens is 2. The smallest absolute Gasteiger partial charge is 0.264 e. The highest BCUT2D eigenvalue weighted by Gasteiger charge is 2.10. The van der Waals surface area contributed by atoms with E-state index < -0.39 is 0 Å². The Labute approximate surface area is 160 Å². The van der Waals surface area contributed by atoms with E-state index in [2.05, 4.69) is 40.6 Å². The summed E-state index contributed by atoms with van der Waals surface area (Å²) in [5, 5.41) is 11.3. The van der Waals surface area contributed by atoms with Crippen LogP contribution in [0.3, 0.4) is 0 Å². The van der Waals surface area contributed by atoms with E-state index in [1.54, 1.807) is 11.8 Å². The van der Waals surface area contributed by atoms with Crippen LogP contribution in [0.5, 0.6) is 5.75 Å². The molecule has 0 radical (unpaired) electrons. The average Bonchev–Trinajstić information content (AvgIpc) is 3.06. The van der Waals surface area contributed by atoms with Gasteiger partial charge in [0, 0.05) is 5.75 Å². The molecule has 0 aliphatic rings. The predicted molar refractivity (Wildman–Crippen MR) is 106 cm³/mol. The van der Waals surface area contributed by atoms with Crippen molar-refractivity contribution in [1.82, 2.24) is 10.2 Å². The van der Waals surface area contributed by atoms with Crippen molar-refractivity contribution in [2.75, 3.05) is 11.9 Å². The van der Waals surface area contributed by atoms with Crippen molar-refractivity contribution in [2.45, 2.75) is 23.9 Å². The Morgan fingerprint density at radius 2 is 1.88 bits per heavy atom. The number of hydrogen-bond acceptors (Lipinski definition) is 6. The zero-order valence-corrected chi connectivity index (χ0v) is 16.2. The highest BCUT2D eigenvalue weighted by molar-refractivity contribution is 8.00. The van der Waals surface area contributed by atoms with Gasteiger partial charge >= 0.3 is 0 Å². The summed E-state index contributed by atoms with van der Waals surface area (Å²) in [6.07, 6.45) is 0. The van der Waals surface area contributed by atoms with Crippen molar-refractivity contribution < 1.29 is 9.53 Å². The Morgan fingerprint density at radius 1 is 1.12 bits per heavy atom. The average molecular weight is 386 g/mol. The maximum Gasteiger partial charge on any atom is 0.264 e. The number of amides is 1. The summed E-state index contributed by atoms with van der Waals surface area (Å²) in [5.41, 5.74) is 3.56. The van der Waals surface area contributed by atoms with Gasteiger partial charge in [-0.2, -0.15) is 0 Å². The normalized spacial score (nSPS) is 10.5. The fraction of sp³-hybridized carbons (Fsp3) is 0.211. The Hall–Kier alpha value is -2.38. The van der Waals surface area contributed by atoms with Gasteiger partial charge in [0.15, 0.2) is 10.9 Å². The van der Waals surface area contributed by atoms with E-state index in [4.69, 9.17) is 4.74 Å². The minimum absolute atomic E-state index is 0.0607. The number of nitrogens with one attached hydrogen (secondary N) is 1. The molecule has 7 heteroatoms. The molecule has 134 valence electrons. The molecule has 0 saturated carbocycles. The lowest BCUT2D eigenvalue weighted by Gasteiger charge is -2.06. The van der Waals surface area contributed by atoms with Crippen LogP contribution in [0.15, 0.2) is 52.9 Å². The van der Waals surface area contributed by atoms with Crippen molar-refractivity contribution in [1.29, 1.82) is 0 Å². The molecule has 0 aliphatic carbocycles. The molecule has 0 fully saturated rings. The highest BCUT2D eigenvalue weighted by atomic mass is 32.2. The Kier molecular flexibility index (Phi) is 6.25. The highest BCUT2D eigenvalue weighted by Crippen LogP contribution is 2.28. The van der Waals surface area contributed by atoms with Gasteiger partial charge in [0.25, 0.3) is 5.91 Å². The summed E-state index contributed by atoms with van der Waals surface area (Å²) in [6.45, 7) is 3.99. The van der Waals surface area contributed by atoms with Gasteiger partial charge in [-0.3, -0.25) is 10.1 Å². The number of hydrogen-bond donors (Lipinski definition) is 1. The van der Waals surface area contributed by atoms with E-state index in [0.717, 1.165) is 15.7 Å². The van der Waals surface area contributed by atoms with Crippen molar-refractivity contribution >= 4 is 34.1 Å². The lowest BCUT2D eigenvalue weighted by atomic mass is 10.2. The summed E-state index contributed by atoms with van der Waals surface area (Å²) >= 11 is 2.97. The van der Waals surface area contributed by atoms with Crippen molar-refractivity contribution in [3.63, 3.8) is 0 Å². The first kappa shape index (κ1) is 18.4. The number of thioether (sulfide) groups is 1. The molecule has 0 aliphatic heterocycles. The van der Waals surface area contributed by atoms with Gasteiger partial charge in [-0.15, -0.1) is 10.2 Å². The number of carbonyl (C=O) groups is 1. The van der Waals surface area contributed by atoms with Gasteiger partial charge in [0.05, 0.1) is 0 Å². The maximum atomic E-state index is 12.0. The van der Waals surface area contributed by atoms with Crippen LogP contribution in [0, 0.1) is 13.8 Å². The molecule has 3 aromatic rings. The molecule has 1 N–H and O–H groups in total. The number of carbonyl (C=O) groups excluding carboxylic acids is 1. The third-order valence-corrected chi connectivity index (χ3v) is 5.50. The molecule has 3 rings (SSSR count). The fourth-order valence-electron chi connectivity index (χ4n) is 2.27. The molecule has 0 atom stereocenters. The van der Waals surface area contributed by atoms with Crippen LogP contribution < -0.4 is 10.1 Å². The quantitative estimate of drug-likeness (QED) is 0.480. The first-order chi connectivity index (χ1) is 12.6. The Balaban J connectivity index is 1.47. The molecule has 0 spiro atoms. The SMILES string of the molecule is Cc1cccc(CSc2nnc(NC(=O)COc3cccc(C)c3)s2)c1. The minimum Gasteiger partial charge on any atom is -0.484 e. The first-order valence-corrected chi connectivity index (χ1v) is 9.90. The van der Waals surface area contributed by atoms with Crippen LogP contribution >= 0.6 is 23.1 Å². The summed E-state index contributed by atoms with van der Waals surface area (Å²) in [6, 6.07) is 15.9. The Bertz CT molecular complexity index is 896. The third kappa shape index (κ3) is 5.57. The number of nitrogens with zero attached hydrogens (tertiary/aromatic N) is 2. The summed E-state index contributed by atoms with van der Waals surface area (Å²) in [7, 11) is 0. The monoisotopic (exact) mass is 385 g/mol. The molecule has 26 heavy (non-hydrogen) atoms. The van der Waals surface area contributed by atoms with E-state index in [1.807, 2.05) is 37.3 Å². The molecule has 0 bridgehead atoms. The van der Waals surface area contributed by atoms with Gasteiger partial charge < -0.3 is 4.74 Å². The molecule has 0 unspecified atom stereocenters. The third-order valence-electron chi connectivity index (χ3n) is 3.46. The van der Waals surface area contributed by atoms with E-state index in [0.29, 0.717) is 10.9 Å². The maximum absolute atomic E-state index is 12.0. The van der Waals surface area contributed by atoms with Gasteiger partial charge in [0.2, 0.25) is 5.13 Å². The van der Waals surface area contributed by atoms with Crippen LogP contribution in [0.25, 0.3) is 0 Å². The zero-order valence-electron chi connectivity index (χ0n) is 14.6. The van der Waals surface area contributed by atoms with Gasteiger partial charge in [0.1, 0.15) is 5.75 Å². The van der Waals surface area contributed by atoms with Crippen molar-refractivity contribution in [3.05, 3.63) is 65.2 Å². The minimum atomic E-state index is -0.252. The van der Waals surface area contributed by atoms with Crippen LogP contribution in [-0.2, 0) is 10.5 Å². The lowest BCUT2D eigenvalue weighted by Crippen LogP contribution is -2.20. The van der Waals surface area contributed by atoms with Crippen molar-refractivity contribution in [3.8, 4) is 5.75 Å². The molecule has 1 aromatic heterocycles. The number of anilines is 1. The summed E-state index contributed by atoms with van der Waals surface area (Å²) in [4.78, 5) is 12.0. The largest absolute Gasteiger partial charge is 0.484 e. The van der Waals surface area contributed by atoms with Crippen molar-refractivity contribution in [2.24, 2.45) is 0 Å². The van der Waals surface area contributed by atoms with Crippen LogP contribution in [0.1, 0.15) is 16.7 Å². The molecular weight excluding hydrogens is 366 g/mol. The van der Waals surface area contributed by atoms with Gasteiger partial charge in [-0.25, -0.2) is 0 Å². The lowest BCUT2D eigenvalue weighted by molar-refractivity contribution is -0.118. The number of ether oxygens (including phenoxy) is 1. The Morgan fingerprint density at radius 3 is 2.65 bits per heavy atom. The molecule has 2 aromatic carbocycles.